The molecule has 2 atom stereocenters. The third-order valence-electron chi connectivity index (χ3n) is 4.16. The molecule has 1 heterocycles. The Morgan fingerprint density at radius 1 is 1.39 bits per heavy atom. The molecule has 1 aromatic carbocycles. The van der Waals surface area contributed by atoms with Crippen LogP contribution in [0.1, 0.15) is 25.3 Å². The first-order chi connectivity index (χ1) is 10.6. The zero-order chi connectivity index (χ0) is 17.4. The molecule has 0 bridgehead atoms. The van der Waals surface area contributed by atoms with Gasteiger partial charge in [0, 0.05) is 24.2 Å². The number of aryl methyl sites for hydroxylation is 1. The number of aliphatic carboxylic acids is 1. The molecule has 126 valence electrons. The molecule has 8 nitrogen and oxygen atoms in total. The Kier molecular flexibility index (Phi) is 4.71. The van der Waals surface area contributed by atoms with Gasteiger partial charge in [0.25, 0.3) is 5.69 Å². The number of nitro groups is 1. The molecular formula is C14H18N2O6S. The standard InChI is InChI=1S/C14H18N2O6S/c1-9-3-6-12(7-13(9)16(19)20)23(21,22)15-8-11(14(17)18)5-4-10(15)2/h3,6-7,10-11H,4-5,8H2,1-2H3,(H,17,18). The highest BCUT2D eigenvalue weighted by Crippen LogP contribution is 2.30. The van der Waals surface area contributed by atoms with E-state index in [0.717, 1.165) is 10.4 Å². The quantitative estimate of drug-likeness (QED) is 0.658. The summed E-state index contributed by atoms with van der Waals surface area (Å²) in [5.41, 5.74) is 0.0922. The van der Waals surface area contributed by atoms with Crippen LogP contribution in [0.5, 0.6) is 0 Å². The van der Waals surface area contributed by atoms with E-state index in [1.807, 2.05) is 0 Å². The SMILES string of the molecule is Cc1ccc(S(=O)(=O)N2CC(C(=O)O)CCC2C)cc1[N+](=O)[O-]. The number of nitro benzene ring substituents is 1. The zero-order valence-electron chi connectivity index (χ0n) is 12.8. The summed E-state index contributed by atoms with van der Waals surface area (Å²) in [6.07, 6.45) is 0.848. The number of hydrogen-bond donors (Lipinski definition) is 1. The molecule has 1 aliphatic heterocycles. The Labute approximate surface area is 133 Å². The maximum atomic E-state index is 12.8. The van der Waals surface area contributed by atoms with Crippen LogP contribution in [-0.4, -0.2) is 41.3 Å². The van der Waals surface area contributed by atoms with E-state index in [-0.39, 0.29) is 23.2 Å². The first kappa shape index (κ1) is 17.4. The topological polar surface area (TPSA) is 118 Å². The van der Waals surface area contributed by atoms with E-state index >= 15 is 0 Å². The number of rotatable bonds is 4. The molecular weight excluding hydrogens is 324 g/mol. The monoisotopic (exact) mass is 342 g/mol. The number of carboxylic acid groups (broad SMARTS) is 1. The van der Waals surface area contributed by atoms with Crippen molar-refractivity contribution in [2.24, 2.45) is 5.92 Å². The van der Waals surface area contributed by atoms with Gasteiger partial charge >= 0.3 is 5.97 Å². The lowest BCUT2D eigenvalue weighted by Gasteiger charge is -2.35. The van der Waals surface area contributed by atoms with Gasteiger partial charge < -0.3 is 5.11 Å². The third kappa shape index (κ3) is 3.35. The van der Waals surface area contributed by atoms with Crippen molar-refractivity contribution in [3.63, 3.8) is 0 Å². The minimum Gasteiger partial charge on any atom is -0.481 e. The van der Waals surface area contributed by atoms with Crippen molar-refractivity contribution >= 4 is 21.7 Å². The van der Waals surface area contributed by atoms with Crippen LogP contribution < -0.4 is 0 Å². The van der Waals surface area contributed by atoms with Gasteiger partial charge in [0.05, 0.1) is 15.7 Å². The summed E-state index contributed by atoms with van der Waals surface area (Å²) < 4.78 is 26.7. The van der Waals surface area contributed by atoms with Crippen molar-refractivity contribution in [3.05, 3.63) is 33.9 Å². The molecule has 1 N–H and O–H groups in total. The average Bonchev–Trinajstić information content (AvgIpc) is 2.47. The number of benzene rings is 1. The van der Waals surface area contributed by atoms with E-state index in [4.69, 9.17) is 5.11 Å². The van der Waals surface area contributed by atoms with Crippen LogP contribution >= 0.6 is 0 Å². The first-order valence-corrected chi connectivity index (χ1v) is 8.58. The molecule has 2 rings (SSSR count). The minimum atomic E-state index is -3.98. The van der Waals surface area contributed by atoms with Crippen molar-refractivity contribution in [3.8, 4) is 0 Å². The maximum Gasteiger partial charge on any atom is 0.307 e. The predicted octanol–water partition coefficient (Wildman–Crippen LogP) is 1.78. The van der Waals surface area contributed by atoms with Crippen LogP contribution in [0.25, 0.3) is 0 Å². The lowest BCUT2D eigenvalue weighted by molar-refractivity contribution is -0.385. The van der Waals surface area contributed by atoms with Crippen LogP contribution in [0.4, 0.5) is 5.69 Å². The second-order valence-electron chi connectivity index (χ2n) is 5.74. The Hall–Kier alpha value is -2.00. The molecule has 1 aromatic rings. The van der Waals surface area contributed by atoms with E-state index in [0.29, 0.717) is 18.4 Å². The van der Waals surface area contributed by atoms with Gasteiger partial charge in [0.15, 0.2) is 0 Å². The summed E-state index contributed by atoms with van der Waals surface area (Å²) in [6.45, 7) is 3.11. The van der Waals surface area contributed by atoms with Crippen molar-refractivity contribution < 1.29 is 23.2 Å². The van der Waals surface area contributed by atoms with E-state index in [1.165, 1.54) is 19.1 Å². The van der Waals surface area contributed by atoms with Gasteiger partial charge in [0.2, 0.25) is 10.0 Å². The molecule has 23 heavy (non-hydrogen) atoms. The summed E-state index contributed by atoms with van der Waals surface area (Å²) in [5.74, 6) is -1.80. The molecule has 2 unspecified atom stereocenters. The average molecular weight is 342 g/mol. The fourth-order valence-corrected chi connectivity index (χ4v) is 4.42. The zero-order valence-corrected chi connectivity index (χ0v) is 13.6. The molecule has 0 saturated carbocycles. The third-order valence-corrected chi connectivity index (χ3v) is 6.13. The summed E-state index contributed by atoms with van der Waals surface area (Å²) >= 11 is 0. The summed E-state index contributed by atoms with van der Waals surface area (Å²) in [7, 11) is -3.98. The normalized spacial score (nSPS) is 22.7. The lowest BCUT2D eigenvalue weighted by atomic mass is 9.96. The highest BCUT2D eigenvalue weighted by Gasteiger charge is 2.38. The first-order valence-electron chi connectivity index (χ1n) is 7.14. The molecule has 1 saturated heterocycles. The number of carboxylic acids is 1. The Morgan fingerprint density at radius 3 is 2.61 bits per heavy atom. The number of nitrogens with zero attached hydrogens (tertiary/aromatic N) is 2. The second kappa shape index (κ2) is 6.25. The van der Waals surface area contributed by atoms with Crippen LogP contribution in [0.2, 0.25) is 0 Å². The number of sulfonamides is 1. The van der Waals surface area contributed by atoms with Gasteiger partial charge in [-0.05, 0) is 32.8 Å². The van der Waals surface area contributed by atoms with Gasteiger partial charge in [-0.25, -0.2) is 8.42 Å². The number of carbonyl (C=O) groups is 1. The van der Waals surface area contributed by atoms with Crippen LogP contribution in [0, 0.1) is 23.0 Å². The van der Waals surface area contributed by atoms with E-state index in [1.54, 1.807) is 6.92 Å². The molecule has 9 heteroatoms. The predicted molar refractivity (Wildman–Crippen MR) is 81.5 cm³/mol. The minimum absolute atomic E-state index is 0.124. The number of piperidine rings is 1. The van der Waals surface area contributed by atoms with Crippen molar-refractivity contribution in [2.75, 3.05) is 6.54 Å². The van der Waals surface area contributed by atoms with Gasteiger partial charge in [-0.15, -0.1) is 0 Å². The van der Waals surface area contributed by atoms with Crippen molar-refractivity contribution in [1.82, 2.24) is 4.31 Å². The lowest BCUT2D eigenvalue weighted by Crippen LogP contribution is -2.47. The molecule has 0 aromatic heterocycles. The van der Waals surface area contributed by atoms with Crippen molar-refractivity contribution in [2.45, 2.75) is 37.6 Å². The summed E-state index contributed by atoms with van der Waals surface area (Å²) in [5, 5.41) is 20.1. The summed E-state index contributed by atoms with van der Waals surface area (Å²) in [6, 6.07) is 3.38. The van der Waals surface area contributed by atoms with Crippen LogP contribution in [0.3, 0.4) is 0 Å². The molecule has 1 fully saturated rings. The highest BCUT2D eigenvalue weighted by molar-refractivity contribution is 7.89. The fraction of sp³-hybridized carbons (Fsp3) is 0.500. The Balaban J connectivity index is 2.42. The smallest absolute Gasteiger partial charge is 0.307 e. The van der Waals surface area contributed by atoms with E-state index in [2.05, 4.69) is 0 Å². The maximum absolute atomic E-state index is 12.8. The van der Waals surface area contributed by atoms with Gasteiger partial charge in [0.1, 0.15) is 0 Å². The Morgan fingerprint density at radius 2 is 2.04 bits per heavy atom. The van der Waals surface area contributed by atoms with E-state index < -0.39 is 26.8 Å². The van der Waals surface area contributed by atoms with Crippen LogP contribution in [0.15, 0.2) is 23.1 Å². The largest absolute Gasteiger partial charge is 0.481 e. The molecule has 0 aliphatic carbocycles. The Bertz CT molecular complexity index is 746. The fourth-order valence-electron chi connectivity index (χ4n) is 2.69. The molecule has 0 amide bonds. The van der Waals surface area contributed by atoms with Crippen LogP contribution in [-0.2, 0) is 14.8 Å². The number of hydrogen-bond acceptors (Lipinski definition) is 5. The second-order valence-corrected chi connectivity index (χ2v) is 7.63. The van der Waals surface area contributed by atoms with E-state index in [9.17, 15) is 23.3 Å². The van der Waals surface area contributed by atoms with Gasteiger partial charge in [-0.1, -0.05) is 6.07 Å². The highest BCUT2D eigenvalue weighted by atomic mass is 32.2. The molecule has 1 aliphatic rings. The van der Waals surface area contributed by atoms with Gasteiger partial charge in [-0.2, -0.15) is 4.31 Å². The summed E-state index contributed by atoms with van der Waals surface area (Å²) in [4.78, 5) is 21.3. The van der Waals surface area contributed by atoms with Crippen molar-refractivity contribution in [1.29, 1.82) is 0 Å². The van der Waals surface area contributed by atoms with Gasteiger partial charge in [-0.3, -0.25) is 14.9 Å². The molecule has 0 radical (unpaired) electrons. The molecule has 0 spiro atoms.